The van der Waals surface area contributed by atoms with Gasteiger partial charge in [0.1, 0.15) is 6.04 Å². The molecule has 2 fully saturated rings. The van der Waals surface area contributed by atoms with Crippen LogP contribution in [0.2, 0.25) is 0 Å². The van der Waals surface area contributed by atoms with E-state index in [4.69, 9.17) is 15.6 Å². The summed E-state index contributed by atoms with van der Waals surface area (Å²) in [6.45, 7) is 0.573. The minimum Gasteiger partial charge on any atom is -0.465 e. The standard InChI is InChI=1S/C12H21N3O4/c1-19-10-6-7(13)2-3-9(10)15-5-4-8(11(15)16)14-12(17)18/h7-10,14H,2-6,13H2,1H3,(H,17,18)/t7-,8-,9+,10-/m0/s1. The van der Waals surface area contributed by atoms with Crippen molar-refractivity contribution in [1.29, 1.82) is 0 Å². The van der Waals surface area contributed by atoms with Crippen molar-refractivity contribution in [3.8, 4) is 0 Å². The third-order valence-electron chi connectivity index (χ3n) is 4.04. The summed E-state index contributed by atoms with van der Waals surface area (Å²) in [5.74, 6) is -0.148. The van der Waals surface area contributed by atoms with Crippen LogP contribution in [-0.2, 0) is 9.53 Å². The van der Waals surface area contributed by atoms with Crippen LogP contribution in [0.3, 0.4) is 0 Å². The van der Waals surface area contributed by atoms with E-state index in [1.165, 1.54) is 0 Å². The van der Waals surface area contributed by atoms with Crippen molar-refractivity contribution in [3.63, 3.8) is 0 Å². The number of ether oxygens (including phenoxy) is 1. The van der Waals surface area contributed by atoms with E-state index in [0.717, 1.165) is 19.3 Å². The SMILES string of the molecule is CO[C@H]1C[C@@H](N)CC[C@H]1N1CC[C@H](NC(=O)O)C1=O. The number of likely N-dealkylation sites (tertiary alicyclic amines) is 1. The second kappa shape index (κ2) is 5.75. The van der Waals surface area contributed by atoms with Gasteiger partial charge in [0, 0.05) is 19.7 Å². The molecular formula is C12H21N3O4. The summed E-state index contributed by atoms with van der Waals surface area (Å²) >= 11 is 0. The molecule has 19 heavy (non-hydrogen) atoms. The summed E-state index contributed by atoms with van der Waals surface area (Å²) in [6.07, 6.45) is 1.72. The van der Waals surface area contributed by atoms with Crippen molar-refractivity contribution in [3.05, 3.63) is 0 Å². The molecule has 0 aromatic rings. The van der Waals surface area contributed by atoms with Gasteiger partial charge in [0.2, 0.25) is 5.91 Å². The van der Waals surface area contributed by atoms with Crippen LogP contribution in [0, 0.1) is 0 Å². The van der Waals surface area contributed by atoms with Crippen molar-refractivity contribution in [2.75, 3.05) is 13.7 Å². The van der Waals surface area contributed by atoms with Crippen LogP contribution < -0.4 is 11.1 Å². The van der Waals surface area contributed by atoms with Gasteiger partial charge in [-0.25, -0.2) is 4.79 Å². The van der Waals surface area contributed by atoms with E-state index in [9.17, 15) is 9.59 Å². The Bertz CT molecular complexity index is 363. The molecule has 0 spiro atoms. The Hall–Kier alpha value is -1.34. The third kappa shape index (κ3) is 2.98. The van der Waals surface area contributed by atoms with Gasteiger partial charge in [0.15, 0.2) is 0 Å². The zero-order chi connectivity index (χ0) is 14.0. The number of carbonyl (C=O) groups excluding carboxylic acids is 1. The topological polar surface area (TPSA) is 105 Å². The molecule has 4 N–H and O–H groups in total. The van der Waals surface area contributed by atoms with E-state index >= 15 is 0 Å². The minimum absolute atomic E-state index is 0.0119. The molecule has 4 atom stereocenters. The van der Waals surface area contributed by atoms with E-state index in [1.807, 2.05) is 0 Å². The van der Waals surface area contributed by atoms with E-state index in [-0.39, 0.29) is 24.1 Å². The van der Waals surface area contributed by atoms with E-state index < -0.39 is 12.1 Å². The smallest absolute Gasteiger partial charge is 0.405 e. The molecule has 108 valence electrons. The molecule has 0 aromatic heterocycles. The van der Waals surface area contributed by atoms with Gasteiger partial charge in [0.25, 0.3) is 0 Å². The van der Waals surface area contributed by atoms with Crippen LogP contribution in [0.5, 0.6) is 0 Å². The van der Waals surface area contributed by atoms with Gasteiger partial charge in [-0.2, -0.15) is 0 Å². The fourth-order valence-corrected chi connectivity index (χ4v) is 3.07. The molecule has 7 heteroatoms. The number of rotatable bonds is 3. The van der Waals surface area contributed by atoms with Crippen LogP contribution >= 0.6 is 0 Å². The zero-order valence-corrected chi connectivity index (χ0v) is 11.0. The predicted octanol–water partition coefficient (Wildman–Crippen LogP) is -0.250. The van der Waals surface area contributed by atoms with Gasteiger partial charge in [-0.05, 0) is 25.7 Å². The second-order valence-corrected chi connectivity index (χ2v) is 5.24. The molecule has 2 amide bonds. The number of hydrogen-bond acceptors (Lipinski definition) is 4. The van der Waals surface area contributed by atoms with Crippen LogP contribution in [0.15, 0.2) is 0 Å². The molecule has 1 saturated carbocycles. The van der Waals surface area contributed by atoms with E-state index in [1.54, 1.807) is 12.0 Å². The third-order valence-corrected chi connectivity index (χ3v) is 4.04. The Kier molecular flexibility index (Phi) is 4.26. The summed E-state index contributed by atoms with van der Waals surface area (Å²) in [6, 6.07) is -0.490. The largest absolute Gasteiger partial charge is 0.465 e. The fraction of sp³-hybridized carbons (Fsp3) is 0.833. The lowest BCUT2D eigenvalue weighted by molar-refractivity contribution is -0.135. The number of carbonyl (C=O) groups is 2. The number of amides is 2. The van der Waals surface area contributed by atoms with Gasteiger partial charge < -0.3 is 25.8 Å². The number of hydrogen-bond donors (Lipinski definition) is 3. The molecule has 0 aromatic carbocycles. The van der Waals surface area contributed by atoms with Crippen molar-refractivity contribution >= 4 is 12.0 Å². The summed E-state index contributed by atoms with van der Waals surface area (Å²) in [5.41, 5.74) is 5.92. The van der Waals surface area contributed by atoms with Crippen LogP contribution in [0.1, 0.15) is 25.7 Å². The molecule has 2 rings (SSSR count). The van der Waals surface area contributed by atoms with Gasteiger partial charge in [0.05, 0.1) is 12.1 Å². The fourth-order valence-electron chi connectivity index (χ4n) is 3.07. The average molecular weight is 271 g/mol. The molecular weight excluding hydrogens is 250 g/mol. The molecule has 7 nitrogen and oxygen atoms in total. The Balaban J connectivity index is 2.01. The number of nitrogens with one attached hydrogen (secondary N) is 1. The Morgan fingerprint density at radius 3 is 2.84 bits per heavy atom. The zero-order valence-electron chi connectivity index (χ0n) is 11.0. The van der Waals surface area contributed by atoms with Crippen LogP contribution in [-0.4, -0.2) is 59.9 Å². The predicted molar refractivity (Wildman–Crippen MR) is 67.7 cm³/mol. The summed E-state index contributed by atoms with van der Waals surface area (Å²) in [4.78, 5) is 24.6. The summed E-state index contributed by atoms with van der Waals surface area (Å²) in [7, 11) is 1.63. The molecule has 0 bridgehead atoms. The van der Waals surface area contributed by atoms with Crippen molar-refractivity contribution < 1.29 is 19.4 Å². The normalized spacial score (nSPS) is 35.5. The summed E-state index contributed by atoms with van der Waals surface area (Å²) < 4.78 is 5.44. The monoisotopic (exact) mass is 271 g/mol. The minimum atomic E-state index is -1.16. The average Bonchev–Trinajstić information content (AvgIpc) is 2.70. The first-order valence-corrected chi connectivity index (χ1v) is 6.61. The number of carboxylic acid groups (broad SMARTS) is 1. The first-order valence-electron chi connectivity index (χ1n) is 6.61. The van der Waals surface area contributed by atoms with Gasteiger partial charge in [-0.15, -0.1) is 0 Å². The van der Waals surface area contributed by atoms with Gasteiger partial charge in [-0.1, -0.05) is 0 Å². The van der Waals surface area contributed by atoms with Gasteiger partial charge in [-0.3, -0.25) is 4.79 Å². The second-order valence-electron chi connectivity index (χ2n) is 5.24. The Morgan fingerprint density at radius 2 is 2.21 bits per heavy atom. The van der Waals surface area contributed by atoms with Crippen molar-refractivity contribution in [1.82, 2.24) is 10.2 Å². The lowest BCUT2D eigenvalue weighted by Gasteiger charge is -2.39. The Morgan fingerprint density at radius 1 is 1.47 bits per heavy atom. The summed E-state index contributed by atoms with van der Waals surface area (Å²) in [5, 5.41) is 11.0. The maximum Gasteiger partial charge on any atom is 0.405 e. The molecule has 2 aliphatic rings. The number of nitrogens with zero attached hydrogens (tertiary/aromatic N) is 1. The molecule has 1 heterocycles. The molecule has 1 aliphatic carbocycles. The lowest BCUT2D eigenvalue weighted by atomic mass is 9.88. The van der Waals surface area contributed by atoms with E-state index in [2.05, 4.69) is 5.32 Å². The van der Waals surface area contributed by atoms with Crippen LogP contribution in [0.4, 0.5) is 4.79 Å². The molecule has 1 saturated heterocycles. The molecule has 0 radical (unpaired) electrons. The Labute approximate surface area is 112 Å². The van der Waals surface area contributed by atoms with Gasteiger partial charge >= 0.3 is 6.09 Å². The highest BCUT2D eigenvalue weighted by molar-refractivity contribution is 5.87. The highest BCUT2D eigenvalue weighted by Gasteiger charge is 2.41. The van der Waals surface area contributed by atoms with Crippen molar-refractivity contribution in [2.45, 2.75) is 49.9 Å². The highest BCUT2D eigenvalue weighted by Crippen LogP contribution is 2.28. The highest BCUT2D eigenvalue weighted by atomic mass is 16.5. The lowest BCUT2D eigenvalue weighted by Crippen LogP contribution is -2.52. The number of nitrogens with two attached hydrogens (primary N) is 1. The maximum absolute atomic E-state index is 12.2. The first kappa shape index (κ1) is 14.1. The van der Waals surface area contributed by atoms with Crippen LogP contribution in [0.25, 0.3) is 0 Å². The first-order chi connectivity index (χ1) is 9.02. The van der Waals surface area contributed by atoms with Crippen molar-refractivity contribution in [2.24, 2.45) is 5.73 Å². The molecule has 0 unspecified atom stereocenters. The molecule has 1 aliphatic heterocycles. The number of methoxy groups -OCH3 is 1. The van der Waals surface area contributed by atoms with E-state index in [0.29, 0.717) is 13.0 Å². The maximum atomic E-state index is 12.2. The quantitative estimate of drug-likeness (QED) is 0.656.